The van der Waals surface area contributed by atoms with Gasteiger partial charge in [0.25, 0.3) is 0 Å². The number of rotatable bonds is 4. The number of halogens is 1. The van der Waals surface area contributed by atoms with E-state index in [1.165, 1.54) is 0 Å². The lowest BCUT2D eigenvalue weighted by Crippen LogP contribution is -2.43. The molecule has 1 amide bonds. The first-order valence-electron chi connectivity index (χ1n) is 7.10. The number of aliphatic carboxylic acids is 1. The molecule has 21 heavy (non-hydrogen) atoms. The molecule has 114 valence electrons. The number of hydrogen-bond acceptors (Lipinski definition) is 2. The summed E-state index contributed by atoms with van der Waals surface area (Å²) in [4.78, 5) is 23.3. The van der Waals surface area contributed by atoms with Crippen LogP contribution in [-0.4, -0.2) is 17.0 Å². The molecule has 4 nitrogen and oxygen atoms in total. The van der Waals surface area contributed by atoms with E-state index in [9.17, 15) is 9.59 Å². The van der Waals surface area contributed by atoms with Gasteiger partial charge in [-0.2, -0.15) is 0 Å². The molecule has 1 fully saturated rings. The van der Waals surface area contributed by atoms with Crippen LogP contribution < -0.4 is 5.32 Å². The van der Waals surface area contributed by atoms with Crippen molar-refractivity contribution in [3.05, 3.63) is 34.9 Å². The average molecular weight is 310 g/mol. The third-order valence-electron chi connectivity index (χ3n) is 4.13. The van der Waals surface area contributed by atoms with Crippen molar-refractivity contribution in [2.75, 3.05) is 0 Å². The van der Waals surface area contributed by atoms with E-state index >= 15 is 0 Å². The van der Waals surface area contributed by atoms with Crippen LogP contribution in [0.25, 0.3) is 0 Å². The van der Waals surface area contributed by atoms with Crippen LogP contribution in [0, 0.1) is 11.8 Å². The molecule has 5 heteroatoms. The van der Waals surface area contributed by atoms with Gasteiger partial charge in [0.15, 0.2) is 0 Å². The van der Waals surface area contributed by atoms with Gasteiger partial charge in [0, 0.05) is 10.9 Å². The second-order valence-corrected chi connectivity index (χ2v) is 6.61. The smallest absolute Gasteiger partial charge is 0.306 e. The number of hydrogen-bond donors (Lipinski definition) is 2. The number of carboxylic acids is 1. The minimum atomic E-state index is -0.806. The first kappa shape index (κ1) is 15.8. The highest BCUT2D eigenvalue weighted by atomic mass is 35.5. The fourth-order valence-electron chi connectivity index (χ4n) is 2.80. The SMILES string of the molecule is CC(C)(NC(=O)[C@@H]1CC[C@H](C(=O)O)C1)c1cccc(Cl)c1. The maximum atomic E-state index is 12.4. The van der Waals surface area contributed by atoms with Gasteiger partial charge in [0.2, 0.25) is 5.91 Å². The maximum Gasteiger partial charge on any atom is 0.306 e. The standard InChI is InChI=1S/C16H20ClNO3/c1-16(2,12-4-3-5-13(17)9-12)18-14(19)10-6-7-11(8-10)15(20)21/h3-5,9-11H,6-8H2,1-2H3,(H,18,19)(H,20,21)/t10-,11+/m1/s1. The molecule has 2 N–H and O–H groups in total. The molecule has 2 rings (SSSR count). The van der Waals surface area contributed by atoms with Gasteiger partial charge in [-0.25, -0.2) is 0 Å². The zero-order chi connectivity index (χ0) is 15.6. The van der Waals surface area contributed by atoms with Crippen molar-refractivity contribution in [2.24, 2.45) is 11.8 Å². The maximum absolute atomic E-state index is 12.4. The fourth-order valence-corrected chi connectivity index (χ4v) is 2.99. The molecule has 0 saturated heterocycles. The summed E-state index contributed by atoms with van der Waals surface area (Å²) in [6.07, 6.45) is 1.63. The largest absolute Gasteiger partial charge is 0.481 e. The average Bonchev–Trinajstić information content (AvgIpc) is 2.88. The second-order valence-electron chi connectivity index (χ2n) is 6.17. The monoisotopic (exact) mass is 309 g/mol. The van der Waals surface area contributed by atoms with Gasteiger partial charge in [-0.05, 0) is 50.8 Å². The van der Waals surface area contributed by atoms with Gasteiger partial charge >= 0.3 is 5.97 Å². The van der Waals surface area contributed by atoms with Gasteiger partial charge in [0.05, 0.1) is 11.5 Å². The zero-order valence-electron chi connectivity index (χ0n) is 12.2. The Morgan fingerprint density at radius 3 is 2.52 bits per heavy atom. The first-order chi connectivity index (χ1) is 9.79. The Kier molecular flexibility index (Phi) is 4.57. The Morgan fingerprint density at radius 1 is 1.29 bits per heavy atom. The van der Waals surface area contributed by atoms with Crippen LogP contribution in [-0.2, 0) is 15.1 Å². The van der Waals surface area contributed by atoms with E-state index < -0.39 is 17.4 Å². The van der Waals surface area contributed by atoms with Crippen molar-refractivity contribution >= 4 is 23.5 Å². The van der Waals surface area contributed by atoms with Gasteiger partial charge in [-0.15, -0.1) is 0 Å². The Hall–Kier alpha value is -1.55. The van der Waals surface area contributed by atoms with Crippen molar-refractivity contribution in [3.8, 4) is 0 Å². The summed E-state index contributed by atoms with van der Waals surface area (Å²) < 4.78 is 0. The van der Waals surface area contributed by atoms with Crippen LogP contribution in [0.5, 0.6) is 0 Å². The van der Waals surface area contributed by atoms with Crippen molar-refractivity contribution in [2.45, 2.75) is 38.6 Å². The van der Waals surface area contributed by atoms with Gasteiger partial charge in [0.1, 0.15) is 0 Å². The molecule has 1 aromatic carbocycles. The molecular formula is C16H20ClNO3. The van der Waals surface area contributed by atoms with Crippen LogP contribution >= 0.6 is 11.6 Å². The number of amides is 1. The summed E-state index contributed by atoms with van der Waals surface area (Å²) >= 11 is 5.99. The van der Waals surface area contributed by atoms with E-state index in [2.05, 4.69) is 5.32 Å². The summed E-state index contributed by atoms with van der Waals surface area (Å²) in [5, 5.41) is 12.6. The molecular weight excluding hydrogens is 290 g/mol. The molecule has 0 spiro atoms. The molecule has 2 atom stereocenters. The normalized spacial score (nSPS) is 22.0. The van der Waals surface area contributed by atoms with Crippen LogP contribution in [0.15, 0.2) is 24.3 Å². The lowest BCUT2D eigenvalue weighted by Gasteiger charge is -2.28. The summed E-state index contributed by atoms with van der Waals surface area (Å²) in [5.74, 6) is -1.50. The minimum Gasteiger partial charge on any atom is -0.481 e. The second kappa shape index (κ2) is 6.06. The summed E-state index contributed by atoms with van der Waals surface area (Å²) in [5.41, 5.74) is 0.389. The Balaban J connectivity index is 2.03. The number of benzene rings is 1. The van der Waals surface area contributed by atoms with E-state index in [0.29, 0.717) is 24.3 Å². The summed E-state index contributed by atoms with van der Waals surface area (Å²) in [7, 11) is 0. The van der Waals surface area contributed by atoms with Gasteiger partial charge < -0.3 is 10.4 Å². The molecule has 1 aromatic rings. The van der Waals surface area contributed by atoms with Crippen LogP contribution in [0.3, 0.4) is 0 Å². The molecule has 0 unspecified atom stereocenters. The predicted octanol–water partition coefficient (Wildman–Crippen LogP) is 3.19. The lowest BCUT2D eigenvalue weighted by molar-refractivity contribution is -0.141. The number of carbonyl (C=O) groups is 2. The van der Waals surface area contributed by atoms with E-state index in [1.807, 2.05) is 32.0 Å². The molecule has 0 radical (unpaired) electrons. The fraction of sp³-hybridized carbons (Fsp3) is 0.500. The highest BCUT2D eigenvalue weighted by molar-refractivity contribution is 6.30. The van der Waals surface area contributed by atoms with Crippen LogP contribution in [0.2, 0.25) is 5.02 Å². The Morgan fingerprint density at radius 2 is 1.95 bits per heavy atom. The number of nitrogens with one attached hydrogen (secondary N) is 1. The third-order valence-corrected chi connectivity index (χ3v) is 4.37. The van der Waals surface area contributed by atoms with Crippen molar-refractivity contribution < 1.29 is 14.7 Å². The summed E-state index contributed by atoms with van der Waals surface area (Å²) in [6, 6.07) is 7.39. The predicted molar refractivity (Wildman–Crippen MR) is 81.1 cm³/mol. The highest BCUT2D eigenvalue weighted by Gasteiger charge is 2.35. The number of carbonyl (C=O) groups excluding carboxylic acids is 1. The Bertz CT molecular complexity index is 556. The zero-order valence-corrected chi connectivity index (χ0v) is 13.0. The summed E-state index contributed by atoms with van der Waals surface area (Å²) in [6.45, 7) is 3.83. The van der Waals surface area contributed by atoms with Gasteiger partial charge in [-0.1, -0.05) is 23.7 Å². The van der Waals surface area contributed by atoms with E-state index in [0.717, 1.165) is 5.56 Å². The lowest BCUT2D eigenvalue weighted by atomic mass is 9.93. The molecule has 0 aromatic heterocycles. The molecule has 0 heterocycles. The molecule has 1 saturated carbocycles. The quantitative estimate of drug-likeness (QED) is 0.897. The third kappa shape index (κ3) is 3.76. The topological polar surface area (TPSA) is 66.4 Å². The molecule has 0 aliphatic heterocycles. The van der Waals surface area contributed by atoms with E-state index in [-0.39, 0.29) is 11.8 Å². The first-order valence-corrected chi connectivity index (χ1v) is 7.48. The van der Waals surface area contributed by atoms with E-state index in [1.54, 1.807) is 6.07 Å². The highest BCUT2D eigenvalue weighted by Crippen LogP contribution is 2.32. The number of carboxylic acid groups (broad SMARTS) is 1. The van der Waals surface area contributed by atoms with Crippen LogP contribution in [0.1, 0.15) is 38.7 Å². The van der Waals surface area contributed by atoms with E-state index in [4.69, 9.17) is 16.7 Å². The molecule has 1 aliphatic carbocycles. The van der Waals surface area contributed by atoms with Crippen molar-refractivity contribution in [3.63, 3.8) is 0 Å². The van der Waals surface area contributed by atoms with Crippen LogP contribution in [0.4, 0.5) is 0 Å². The van der Waals surface area contributed by atoms with Crippen molar-refractivity contribution in [1.29, 1.82) is 0 Å². The van der Waals surface area contributed by atoms with Gasteiger partial charge in [-0.3, -0.25) is 9.59 Å². The molecule has 0 bridgehead atoms. The molecule has 1 aliphatic rings. The minimum absolute atomic E-state index is 0.0799. The van der Waals surface area contributed by atoms with Crippen molar-refractivity contribution in [1.82, 2.24) is 5.32 Å². The Labute approximate surface area is 129 Å².